The van der Waals surface area contributed by atoms with Gasteiger partial charge in [-0.05, 0) is 101 Å². The van der Waals surface area contributed by atoms with Crippen LogP contribution in [0.4, 0.5) is 5.69 Å². The van der Waals surface area contributed by atoms with Crippen LogP contribution in [0.3, 0.4) is 0 Å². The Morgan fingerprint density at radius 1 is 1.10 bits per heavy atom. The first kappa shape index (κ1) is 26.8. The number of fused-ring (bicyclic) bond motifs is 7. The van der Waals surface area contributed by atoms with Gasteiger partial charge in [-0.2, -0.15) is 0 Å². The topological polar surface area (TPSA) is 68.9 Å². The smallest absolute Gasteiger partial charge is 0.335 e. The van der Waals surface area contributed by atoms with E-state index >= 15 is 0 Å². The van der Waals surface area contributed by atoms with Gasteiger partial charge in [0.1, 0.15) is 0 Å². The maximum Gasteiger partial charge on any atom is 0.335 e. The molecule has 41 heavy (non-hydrogen) atoms. The van der Waals surface area contributed by atoms with Crippen LogP contribution in [-0.2, 0) is 6.54 Å². The monoisotopic (exact) mass is 553 g/mol. The second-order valence-corrected chi connectivity index (χ2v) is 13.1. The van der Waals surface area contributed by atoms with Crippen LogP contribution in [0.25, 0.3) is 27.7 Å². The van der Waals surface area contributed by atoms with E-state index in [-0.39, 0.29) is 11.6 Å². The molecule has 0 spiro atoms. The summed E-state index contributed by atoms with van der Waals surface area (Å²) in [5.74, 6) is -0.875. The first-order valence-electron chi connectivity index (χ1n) is 15.7. The molecule has 6 nitrogen and oxygen atoms in total. The van der Waals surface area contributed by atoms with Crippen molar-refractivity contribution in [3.63, 3.8) is 0 Å². The predicted molar refractivity (Wildman–Crippen MR) is 166 cm³/mol. The lowest BCUT2D eigenvalue weighted by Gasteiger charge is -2.38. The number of carboxylic acid groups (broad SMARTS) is 1. The molecule has 1 aliphatic carbocycles. The van der Waals surface area contributed by atoms with Crippen molar-refractivity contribution in [3.8, 4) is 11.3 Å². The van der Waals surface area contributed by atoms with Crippen LogP contribution in [-0.4, -0.2) is 63.0 Å². The van der Waals surface area contributed by atoms with Crippen molar-refractivity contribution >= 4 is 28.1 Å². The number of allylic oxidation sites excluding steroid dienone is 2. The van der Waals surface area contributed by atoms with E-state index in [0.717, 1.165) is 51.0 Å². The minimum Gasteiger partial charge on any atom is -0.478 e. The largest absolute Gasteiger partial charge is 0.478 e. The van der Waals surface area contributed by atoms with E-state index < -0.39 is 5.97 Å². The highest BCUT2D eigenvalue weighted by Gasteiger charge is 2.51. The molecule has 6 heteroatoms. The van der Waals surface area contributed by atoms with E-state index in [2.05, 4.69) is 45.6 Å². The molecule has 3 aromatic rings. The second-order valence-electron chi connectivity index (χ2n) is 13.1. The summed E-state index contributed by atoms with van der Waals surface area (Å²) in [6.07, 6.45) is 12.8. The van der Waals surface area contributed by atoms with Gasteiger partial charge >= 0.3 is 5.97 Å². The highest BCUT2D eigenvalue weighted by molar-refractivity contribution is 6.05. The molecule has 1 atom stereocenters. The lowest BCUT2D eigenvalue weighted by atomic mass is 9.84. The molecular weight excluding hydrogens is 510 g/mol. The summed E-state index contributed by atoms with van der Waals surface area (Å²) in [5, 5.41) is 21.3. The number of aliphatic hydroxyl groups excluding tert-OH is 1. The third kappa shape index (κ3) is 4.51. The average Bonchev–Trinajstić information content (AvgIpc) is 3.55. The van der Waals surface area contributed by atoms with Crippen LogP contribution in [0, 0.1) is 6.92 Å². The molecular formula is C35H43N3O3. The standard InChI is InChI=1S/C35H43N3O3/c1-23-8-10-29-30(20-23)36(17-16-35-14-12-27(13-15-35)38(35)22-24(2)39)18-19-37-31-21-26(34(40)41)9-11-28(31)32(33(29)37)25-6-4-3-5-7-25/h6,8-11,20-21,24,27,39H,3-5,7,12-19,22H2,1-2H3,(H,40,41). The Morgan fingerprint density at radius 3 is 2.66 bits per heavy atom. The number of β-amino-alcohol motifs (C(OH)–C–C–N with tert-alkyl or cyclic N) is 1. The third-order valence-electron chi connectivity index (χ3n) is 10.5. The average molecular weight is 554 g/mol. The van der Waals surface area contributed by atoms with Crippen LogP contribution in [0.5, 0.6) is 0 Å². The van der Waals surface area contributed by atoms with Gasteiger partial charge in [-0.3, -0.25) is 4.90 Å². The zero-order valence-corrected chi connectivity index (χ0v) is 24.5. The summed E-state index contributed by atoms with van der Waals surface area (Å²) >= 11 is 0. The van der Waals surface area contributed by atoms with Gasteiger partial charge in [0.2, 0.25) is 0 Å². The number of hydrogen-bond acceptors (Lipinski definition) is 4. The normalized spacial score (nSPS) is 24.7. The molecule has 216 valence electrons. The predicted octanol–water partition coefficient (Wildman–Crippen LogP) is 6.86. The van der Waals surface area contributed by atoms with Crippen LogP contribution in [0.1, 0.15) is 86.2 Å². The summed E-state index contributed by atoms with van der Waals surface area (Å²) in [6, 6.07) is 13.2. The Bertz CT molecular complexity index is 1530. The lowest BCUT2D eigenvalue weighted by Crippen LogP contribution is -2.46. The van der Waals surface area contributed by atoms with E-state index in [0.29, 0.717) is 11.6 Å². The number of aliphatic hydroxyl groups is 1. The van der Waals surface area contributed by atoms with Crippen molar-refractivity contribution in [2.75, 3.05) is 24.5 Å². The van der Waals surface area contributed by atoms with Gasteiger partial charge in [-0.15, -0.1) is 0 Å². The quantitative estimate of drug-likeness (QED) is 0.335. The van der Waals surface area contributed by atoms with Crippen molar-refractivity contribution in [3.05, 3.63) is 59.2 Å². The number of rotatable bonds is 7. The highest BCUT2D eigenvalue weighted by Crippen LogP contribution is 2.50. The molecule has 0 amide bonds. The van der Waals surface area contributed by atoms with E-state index in [9.17, 15) is 15.0 Å². The van der Waals surface area contributed by atoms with Gasteiger partial charge in [0.15, 0.2) is 0 Å². The molecule has 1 aromatic heterocycles. The minimum absolute atomic E-state index is 0.203. The molecule has 1 unspecified atom stereocenters. The van der Waals surface area contributed by atoms with Crippen molar-refractivity contribution in [2.45, 2.75) is 95.9 Å². The zero-order valence-electron chi connectivity index (χ0n) is 24.5. The molecule has 2 saturated heterocycles. The Morgan fingerprint density at radius 2 is 1.93 bits per heavy atom. The third-order valence-corrected chi connectivity index (χ3v) is 10.5. The number of carboxylic acids is 1. The number of aromatic carboxylic acids is 1. The van der Waals surface area contributed by atoms with Gasteiger partial charge in [-0.1, -0.05) is 24.3 Å². The Kier molecular flexibility index (Phi) is 6.74. The van der Waals surface area contributed by atoms with Crippen LogP contribution < -0.4 is 4.90 Å². The van der Waals surface area contributed by atoms with Gasteiger partial charge < -0.3 is 19.7 Å². The number of aromatic nitrogens is 1. The molecule has 0 saturated carbocycles. The van der Waals surface area contributed by atoms with Crippen molar-refractivity contribution < 1.29 is 15.0 Å². The van der Waals surface area contributed by atoms with E-state index in [4.69, 9.17) is 0 Å². The molecule has 4 aliphatic rings. The van der Waals surface area contributed by atoms with Gasteiger partial charge in [-0.25, -0.2) is 4.79 Å². The number of nitrogens with zero attached hydrogens (tertiary/aromatic N) is 3. The first-order chi connectivity index (χ1) is 19.8. The fourth-order valence-corrected chi connectivity index (χ4v) is 8.55. The molecule has 2 aromatic carbocycles. The van der Waals surface area contributed by atoms with E-state index in [1.807, 2.05) is 19.1 Å². The number of carbonyl (C=O) groups is 1. The van der Waals surface area contributed by atoms with Crippen molar-refractivity contribution in [1.29, 1.82) is 0 Å². The number of aryl methyl sites for hydroxylation is 1. The maximum absolute atomic E-state index is 12.0. The summed E-state index contributed by atoms with van der Waals surface area (Å²) in [7, 11) is 0. The molecule has 2 bridgehead atoms. The fraction of sp³-hybridized carbons (Fsp3) is 0.514. The van der Waals surface area contributed by atoms with Gasteiger partial charge in [0, 0.05) is 60.0 Å². The van der Waals surface area contributed by atoms with Crippen LogP contribution in [0.15, 0.2) is 42.5 Å². The van der Waals surface area contributed by atoms with Gasteiger partial charge in [0.25, 0.3) is 0 Å². The van der Waals surface area contributed by atoms with Crippen LogP contribution >= 0.6 is 0 Å². The van der Waals surface area contributed by atoms with Gasteiger partial charge in [0.05, 0.1) is 22.9 Å². The summed E-state index contributed by atoms with van der Waals surface area (Å²) < 4.78 is 2.42. The number of benzene rings is 2. The molecule has 0 radical (unpaired) electrons. The first-order valence-corrected chi connectivity index (χ1v) is 15.7. The van der Waals surface area contributed by atoms with Crippen molar-refractivity contribution in [1.82, 2.24) is 9.47 Å². The lowest BCUT2D eigenvalue weighted by molar-refractivity contribution is 0.0697. The fourth-order valence-electron chi connectivity index (χ4n) is 8.55. The SMILES string of the molecule is Cc1ccc2c(c1)N(CCC13CCC(CC1)N3CC(C)O)CCn1c-2c(C2=CCCCC2)c2ccc(C(=O)O)cc21. The van der Waals surface area contributed by atoms with E-state index in [1.54, 1.807) is 6.07 Å². The zero-order chi connectivity index (χ0) is 28.3. The Hall–Kier alpha value is -3.09. The molecule has 4 heterocycles. The second kappa shape index (κ2) is 10.3. The molecule has 2 fully saturated rings. The Balaban J connectivity index is 1.32. The summed E-state index contributed by atoms with van der Waals surface area (Å²) in [5.41, 5.74) is 9.38. The molecule has 7 rings (SSSR count). The maximum atomic E-state index is 12.0. The minimum atomic E-state index is -0.875. The number of anilines is 1. The summed E-state index contributed by atoms with van der Waals surface area (Å²) in [6.45, 7) is 7.59. The van der Waals surface area contributed by atoms with Crippen molar-refractivity contribution in [2.24, 2.45) is 0 Å². The van der Waals surface area contributed by atoms with E-state index in [1.165, 1.54) is 77.6 Å². The summed E-state index contributed by atoms with van der Waals surface area (Å²) in [4.78, 5) is 17.2. The highest BCUT2D eigenvalue weighted by atomic mass is 16.4. The molecule has 2 N–H and O–H groups in total. The Labute approximate surface area is 243 Å². The van der Waals surface area contributed by atoms with Crippen LogP contribution in [0.2, 0.25) is 0 Å². The molecule has 3 aliphatic heterocycles. The number of hydrogen-bond donors (Lipinski definition) is 2.